The van der Waals surface area contributed by atoms with Crippen molar-refractivity contribution in [1.82, 2.24) is 14.7 Å². The van der Waals surface area contributed by atoms with E-state index in [0.29, 0.717) is 28.8 Å². The molecule has 1 aromatic heterocycles. The number of nitriles is 1. The SMILES string of the molecule is CCCCCCN1C(=O)C(C#N)=C(C)/C(=C\c2cn(-c3ccccc3)nc2-c2ccc([N+](=O)[O-])cc2)C1=O. The first-order valence-corrected chi connectivity index (χ1v) is 12.4. The molecule has 3 aromatic rings. The third kappa shape index (κ3) is 5.30. The van der Waals surface area contributed by atoms with Crippen LogP contribution in [0.1, 0.15) is 45.1 Å². The third-order valence-electron chi connectivity index (χ3n) is 6.48. The molecule has 0 fully saturated rings. The fraction of sp³-hybridized carbons (Fsp3) is 0.241. The molecule has 9 nitrogen and oxygen atoms in total. The maximum absolute atomic E-state index is 13.5. The van der Waals surface area contributed by atoms with E-state index in [4.69, 9.17) is 5.10 Å². The van der Waals surface area contributed by atoms with Crippen molar-refractivity contribution in [2.45, 2.75) is 39.5 Å². The van der Waals surface area contributed by atoms with Crippen molar-refractivity contribution in [1.29, 1.82) is 5.26 Å². The van der Waals surface area contributed by atoms with E-state index in [1.807, 2.05) is 36.4 Å². The van der Waals surface area contributed by atoms with Crippen LogP contribution in [0.25, 0.3) is 23.0 Å². The Morgan fingerprint density at radius 2 is 1.74 bits per heavy atom. The molecule has 0 N–H and O–H groups in total. The first-order chi connectivity index (χ1) is 18.3. The van der Waals surface area contributed by atoms with Gasteiger partial charge in [0.15, 0.2) is 0 Å². The van der Waals surface area contributed by atoms with Crippen molar-refractivity contribution in [3.05, 3.63) is 93.2 Å². The fourth-order valence-corrected chi connectivity index (χ4v) is 4.36. The predicted octanol–water partition coefficient (Wildman–Crippen LogP) is 5.62. The van der Waals surface area contributed by atoms with Gasteiger partial charge in [-0.2, -0.15) is 10.4 Å². The Kier molecular flexibility index (Phi) is 7.92. The third-order valence-corrected chi connectivity index (χ3v) is 6.48. The van der Waals surface area contributed by atoms with E-state index in [0.717, 1.165) is 29.8 Å². The number of non-ortho nitro benzene ring substituents is 1. The molecule has 9 heteroatoms. The topological polar surface area (TPSA) is 122 Å². The molecule has 0 saturated carbocycles. The average Bonchev–Trinajstić information content (AvgIpc) is 3.35. The molecule has 2 heterocycles. The van der Waals surface area contributed by atoms with E-state index >= 15 is 0 Å². The van der Waals surface area contributed by atoms with E-state index in [-0.39, 0.29) is 23.4 Å². The lowest BCUT2D eigenvalue weighted by atomic mass is 9.93. The summed E-state index contributed by atoms with van der Waals surface area (Å²) in [6, 6.07) is 17.4. The Morgan fingerprint density at radius 3 is 2.37 bits per heavy atom. The number of nitro groups is 1. The normalized spacial score (nSPS) is 14.8. The van der Waals surface area contributed by atoms with Crippen molar-refractivity contribution in [2.75, 3.05) is 6.54 Å². The molecule has 0 spiro atoms. The standard InChI is InChI=1S/C29H27N5O4/c1-3-4-5-9-16-32-28(35)25(20(2)26(18-30)29(32)36)17-22-19-33(23-10-7-6-8-11-23)31-27(22)21-12-14-24(15-13-21)34(37)38/h6-8,10-15,17,19H,3-5,9,16H2,1-2H3/b25-17+. The Bertz CT molecular complexity index is 1480. The number of imide groups is 1. The molecule has 192 valence electrons. The van der Waals surface area contributed by atoms with Crippen molar-refractivity contribution >= 4 is 23.6 Å². The molecule has 0 aliphatic carbocycles. The molecule has 2 aromatic carbocycles. The molecule has 1 aliphatic heterocycles. The lowest BCUT2D eigenvalue weighted by Gasteiger charge is -2.27. The van der Waals surface area contributed by atoms with Crippen LogP contribution >= 0.6 is 0 Å². The summed E-state index contributed by atoms with van der Waals surface area (Å²) in [6.45, 7) is 3.92. The number of nitro benzene ring substituents is 1. The Hall–Kier alpha value is -4.84. The molecule has 0 radical (unpaired) electrons. The molecule has 0 atom stereocenters. The van der Waals surface area contributed by atoms with Crippen molar-refractivity contribution < 1.29 is 14.5 Å². The smallest absolute Gasteiger partial charge is 0.271 e. The molecule has 2 amide bonds. The van der Waals surface area contributed by atoms with E-state index in [2.05, 4.69) is 6.92 Å². The molecular formula is C29H27N5O4. The highest BCUT2D eigenvalue weighted by Gasteiger charge is 2.35. The van der Waals surface area contributed by atoms with Gasteiger partial charge in [-0.25, -0.2) is 4.68 Å². The summed E-state index contributed by atoms with van der Waals surface area (Å²) < 4.78 is 1.66. The number of hydrogen-bond donors (Lipinski definition) is 0. The zero-order valence-electron chi connectivity index (χ0n) is 21.3. The maximum Gasteiger partial charge on any atom is 0.271 e. The van der Waals surface area contributed by atoms with Gasteiger partial charge in [0.2, 0.25) is 0 Å². The highest BCUT2D eigenvalue weighted by atomic mass is 16.6. The summed E-state index contributed by atoms with van der Waals surface area (Å²) in [7, 11) is 0. The van der Waals surface area contributed by atoms with Crippen LogP contribution in [0.4, 0.5) is 5.69 Å². The predicted molar refractivity (Wildman–Crippen MR) is 143 cm³/mol. The highest BCUT2D eigenvalue weighted by molar-refractivity contribution is 6.19. The number of para-hydroxylation sites is 1. The average molecular weight is 510 g/mol. The van der Waals surface area contributed by atoms with E-state index in [1.165, 1.54) is 12.1 Å². The second-order valence-electron chi connectivity index (χ2n) is 9.01. The number of rotatable bonds is 9. The van der Waals surface area contributed by atoms with Crippen molar-refractivity contribution in [3.8, 4) is 23.0 Å². The second kappa shape index (κ2) is 11.5. The van der Waals surface area contributed by atoms with Crippen LogP contribution in [-0.4, -0.2) is 38.0 Å². The lowest BCUT2D eigenvalue weighted by molar-refractivity contribution is -0.384. The monoisotopic (exact) mass is 509 g/mol. The van der Waals surface area contributed by atoms with Gasteiger partial charge in [0, 0.05) is 41.6 Å². The molecule has 0 unspecified atom stereocenters. The van der Waals surface area contributed by atoms with Gasteiger partial charge in [0.1, 0.15) is 11.6 Å². The minimum absolute atomic E-state index is 0.0479. The summed E-state index contributed by atoms with van der Waals surface area (Å²) in [5.74, 6) is -1.02. The quantitative estimate of drug-likeness (QED) is 0.121. The van der Waals surface area contributed by atoms with Gasteiger partial charge in [-0.1, -0.05) is 44.4 Å². The number of hydrogen-bond acceptors (Lipinski definition) is 6. The van der Waals surface area contributed by atoms with Crippen LogP contribution in [0.5, 0.6) is 0 Å². The van der Waals surface area contributed by atoms with Gasteiger partial charge in [0.05, 0.1) is 16.3 Å². The van der Waals surface area contributed by atoms with Crippen LogP contribution in [0.15, 0.2) is 77.5 Å². The van der Waals surface area contributed by atoms with Gasteiger partial charge < -0.3 is 0 Å². The lowest BCUT2D eigenvalue weighted by Crippen LogP contribution is -2.43. The van der Waals surface area contributed by atoms with Crippen LogP contribution in [0, 0.1) is 21.4 Å². The number of carbonyl (C=O) groups is 2. The summed E-state index contributed by atoms with van der Waals surface area (Å²) in [5.41, 5.74) is 2.93. The highest BCUT2D eigenvalue weighted by Crippen LogP contribution is 2.32. The number of amides is 2. The number of nitrogens with zero attached hydrogens (tertiary/aromatic N) is 5. The first kappa shape index (κ1) is 26.2. The van der Waals surface area contributed by atoms with Gasteiger partial charge in [0.25, 0.3) is 17.5 Å². The number of benzene rings is 2. The minimum Gasteiger partial charge on any atom is -0.274 e. The van der Waals surface area contributed by atoms with Gasteiger partial charge in [-0.15, -0.1) is 0 Å². The molecule has 1 aliphatic rings. The summed E-state index contributed by atoms with van der Waals surface area (Å²) in [5, 5.41) is 25.6. The zero-order chi connectivity index (χ0) is 27.2. The first-order valence-electron chi connectivity index (χ1n) is 12.4. The van der Waals surface area contributed by atoms with Crippen LogP contribution in [0.2, 0.25) is 0 Å². The molecule has 0 saturated heterocycles. The van der Waals surface area contributed by atoms with Crippen LogP contribution in [0.3, 0.4) is 0 Å². The Balaban J connectivity index is 1.83. The summed E-state index contributed by atoms with van der Waals surface area (Å²) in [6.07, 6.45) is 6.96. The number of unbranched alkanes of at least 4 members (excludes halogenated alkanes) is 3. The largest absolute Gasteiger partial charge is 0.274 e. The van der Waals surface area contributed by atoms with Crippen molar-refractivity contribution in [2.24, 2.45) is 0 Å². The molecule has 0 bridgehead atoms. The Morgan fingerprint density at radius 1 is 1.03 bits per heavy atom. The van der Waals surface area contributed by atoms with E-state index in [1.54, 1.807) is 36.0 Å². The minimum atomic E-state index is -0.570. The van der Waals surface area contributed by atoms with Gasteiger partial charge >= 0.3 is 0 Å². The molecule has 38 heavy (non-hydrogen) atoms. The summed E-state index contributed by atoms with van der Waals surface area (Å²) >= 11 is 0. The van der Waals surface area contributed by atoms with Crippen LogP contribution < -0.4 is 0 Å². The van der Waals surface area contributed by atoms with E-state index in [9.17, 15) is 25.0 Å². The summed E-state index contributed by atoms with van der Waals surface area (Å²) in [4.78, 5) is 38.3. The molecule has 4 rings (SSSR count). The van der Waals surface area contributed by atoms with Crippen LogP contribution in [-0.2, 0) is 9.59 Å². The van der Waals surface area contributed by atoms with Crippen molar-refractivity contribution in [3.63, 3.8) is 0 Å². The maximum atomic E-state index is 13.5. The van der Waals surface area contributed by atoms with Gasteiger partial charge in [-0.05, 0) is 49.3 Å². The fourth-order valence-electron chi connectivity index (χ4n) is 4.36. The number of aromatic nitrogens is 2. The molecular weight excluding hydrogens is 482 g/mol. The Labute approximate surface area is 220 Å². The number of carbonyl (C=O) groups excluding carboxylic acids is 2. The van der Waals surface area contributed by atoms with Gasteiger partial charge in [-0.3, -0.25) is 24.6 Å². The second-order valence-corrected chi connectivity index (χ2v) is 9.01. The van der Waals surface area contributed by atoms with E-state index < -0.39 is 16.7 Å². The zero-order valence-corrected chi connectivity index (χ0v) is 21.3.